The van der Waals surface area contributed by atoms with Gasteiger partial charge in [0.05, 0.1) is 18.6 Å². The maximum atomic E-state index is 14.8. The Morgan fingerprint density at radius 1 is 0.850 bits per heavy atom. The molecule has 2 fully saturated rings. The van der Waals surface area contributed by atoms with Gasteiger partial charge in [0, 0.05) is 67.8 Å². The second-order valence-corrected chi connectivity index (χ2v) is 15.6. The highest BCUT2D eigenvalue weighted by Crippen LogP contribution is 2.35. The quantitative estimate of drug-likeness (QED) is 0.0770. The zero-order valence-corrected chi connectivity index (χ0v) is 33.6. The molecule has 11 heteroatoms. The Balaban J connectivity index is 1.11. The number of nitrogen functional groups attached to an aromatic ring is 1. The first kappa shape index (κ1) is 39.8. The van der Waals surface area contributed by atoms with E-state index in [-0.39, 0.29) is 74.7 Å². The van der Waals surface area contributed by atoms with Gasteiger partial charge >= 0.3 is 0 Å². The molecule has 0 radical (unpaired) electrons. The predicted octanol–water partition coefficient (Wildman–Crippen LogP) is 6.54. The van der Waals surface area contributed by atoms with Gasteiger partial charge in [0.1, 0.15) is 18.0 Å². The van der Waals surface area contributed by atoms with E-state index in [2.05, 4.69) is 23.4 Å². The van der Waals surface area contributed by atoms with E-state index in [1.165, 1.54) is 0 Å². The molecule has 0 spiro atoms. The summed E-state index contributed by atoms with van der Waals surface area (Å²) in [6.45, 7) is 4.48. The van der Waals surface area contributed by atoms with Crippen molar-refractivity contribution in [2.75, 3.05) is 25.4 Å². The number of nitrogens with zero attached hydrogens (tertiary/aromatic N) is 5. The first-order chi connectivity index (χ1) is 29.1. The van der Waals surface area contributed by atoms with Gasteiger partial charge < -0.3 is 25.2 Å². The number of fused-ring (bicyclic) bond motifs is 2. The molecule has 3 N–H and O–H groups in total. The topological polar surface area (TPSA) is 132 Å². The largest absolute Gasteiger partial charge is 0.508 e. The van der Waals surface area contributed by atoms with Crippen LogP contribution in [0.1, 0.15) is 39.0 Å². The van der Waals surface area contributed by atoms with Crippen LogP contribution in [-0.4, -0.2) is 84.8 Å². The molecule has 3 heterocycles. The molecule has 2 saturated heterocycles. The van der Waals surface area contributed by atoms with Gasteiger partial charge in [-0.15, -0.1) is 6.58 Å². The molecule has 0 bridgehead atoms. The van der Waals surface area contributed by atoms with Gasteiger partial charge in [-0.05, 0) is 58.5 Å². The number of benzene rings is 5. The van der Waals surface area contributed by atoms with Crippen molar-refractivity contribution in [1.29, 1.82) is 0 Å². The number of hydrogen-bond donors (Lipinski definition) is 2. The van der Waals surface area contributed by atoms with E-state index in [0.29, 0.717) is 17.7 Å². The first-order valence-electron chi connectivity index (χ1n) is 20.2. The fourth-order valence-electron chi connectivity index (χ4n) is 8.64. The highest BCUT2D eigenvalue weighted by atomic mass is 16.3. The normalized spacial score (nSPS) is 16.9. The first-order valence-corrected chi connectivity index (χ1v) is 20.2. The molecular weight excluding hydrogens is 753 g/mol. The number of para-hydroxylation sites is 1. The molecule has 5 aromatic carbocycles. The number of anilines is 1. The van der Waals surface area contributed by atoms with E-state index < -0.39 is 12.2 Å². The van der Waals surface area contributed by atoms with Crippen molar-refractivity contribution in [2.24, 2.45) is 7.05 Å². The summed E-state index contributed by atoms with van der Waals surface area (Å²) in [5.41, 5.74) is 13.6. The van der Waals surface area contributed by atoms with Crippen molar-refractivity contribution < 1.29 is 24.3 Å². The lowest BCUT2D eigenvalue weighted by Gasteiger charge is -2.55. The number of hydrazine groups is 1. The Morgan fingerprint density at radius 2 is 1.57 bits per heavy atom. The van der Waals surface area contributed by atoms with Crippen LogP contribution in [0.4, 0.5) is 5.69 Å². The minimum Gasteiger partial charge on any atom is -0.508 e. The summed E-state index contributed by atoms with van der Waals surface area (Å²) >= 11 is 0. The third-order valence-corrected chi connectivity index (χ3v) is 11.6. The van der Waals surface area contributed by atoms with Gasteiger partial charge in [-0.25, -0.2) is 10.0 Å². The number of rotatable bonds is 13. The Morgan fingerprint density at radius 3 is 2.28 bits per heavy atom. The summed E-state index contributed by atoms with van der Waals surface area (Å²) < 4.78 is 2.06. The summed E-state index contributed by atoms with van der Waals surface area (Å²) in [4.78, 5) is 59.7. The number of ketones is 1. The second kappa shape index (κ2) is 17.1. The molecule has 11 nitrogen and oxygen atoms in total. The van der Waals surface area contributed by atoms with Crippen molar-refractivity contribution in [3.63, 3.8) is 0 Å². The molecule has 0 saturated carbocycles. The maximum absolute atomic E-state index is 14.8. The average molecular weight is 801 g/mol. The number of phenolic OH excluding ortho intramolecular Hbond substituents is 1. The molecule has 304 valence electrons. The van der Waals surface area contributed by atoms with E-state index in [4.69, 9.17) is 5.73 Å². The molecule has 0 aliphatic carbocycles. The number of Topliss-reactive ketones (excluding diaryl/α,β-unsaturated/α-hetero) is 1. The van der Waals surface area contributed by atoms with Crippen LogP contribution in [0.25, 0.3) is 22.0 Å². The van der Waals surface area contributed by atoms with Crippen molar-refractivity contribution in [3.8, 4) is 16.9 Å². The number of hydrogen-bond acceptors (Lipinski definition) is 7. The molecule has 2 aliphatic heterocycles. The van der Waals surface area contributed by atoms with Gasteiger partial charge in [0.25, 0.3) is 0 Å². The zero-order chi connectivity index (χ0) is 41.9. The van der Waals surface area contributed by atoms with Crippen LogP contribution in [-0.2, 0) is 47.2 Å². The molecule has 0 unspecified atom stereocenters. The lowest BCUT2D eigenvalue weighted by molar-refractivity contribution is -0.205. The molecule has 8 rings (SSSR count). The lowest BCUT2D eigenvalue weighted by atomic mass is 9.97. The molecule has 60 heavy (non-hydrogen) atoms. The number of aromatic hydroxyl groups is 1. The minimum atomic E-state index is -0.888. The maximum Gasteiger partial charge on any atom is 0.246 e. The SMILES string of the molecule is C=CCN1CC(=O)N2[C@@H](Cc3ccc(O)cc3)C(=O)N(Cc3cccc4c(-c5ccc(C(=O)Cc6ccc(N)cc6)cc5)cn(C)c34)C[C@@H]2N1C(=O)CCc1ccccc1. The van der Waals surface area contributed by atoms with Crippen LogP contribution < -0.4 is 5.73 Å². The standard InChI is InChI=1S/C49H48N6O5/c1-3-26-53-32-47(59)54-43(27-34-14-23-40(56)24-15-34)49(60)52(31-45(54)55(53)46(58)25-16-33-8-5-4-6-9-33)29-38-10-7-11-41-42(30-51(2)48(38)41)36-17-19-37(20-18-36)44(57)28-35-12-21-39(50)22-13-35/h3-15,17-24,30,43,45,56H,1,16,25-29,31-32,50H2,2H3/t43-,45-/m0/s1. The third kappa shape index (κ3) is 8.17. The van der Waals surface area contributed by atoms with Crippen LogP contribution in [0.15, 0.2) is 140 Å². The Bertz CT molecular complexity index is 2550. The highest BCUT2D eigenvalue weighted by molar-refractivity contribution is 6.00. The molecule has 1 aromatic heterocycles. The number of carbonyl (C=O) groups excluding carboxylic acids is 4. The average Bonchev–Trinajstić information content (AvgIpc) is 3.60. The van der Waals surface area contributed by atoms with Crippen molar-refractivity contribution in [3.05, 3.63) is 168 Å². The molecule has 6 aromatic rings. The van der Waals surface area contributed by atoms with Gasteiger partial charge in [-0.2, -0.15) is 0 Å². The number of piperazine rings is 1. The fourth-order valence-corrected chi connectivity index (χ4v) is 8.64. The number of amides is 3. The number of aromatic nitrogens is 1. The number of phenols is 1. The van der Waals surface area contributed by atoms with Crippen LogP contribution in [0, 0.1) is 0 Å². The van der Waals surface area contributed by atoms with Crippen LogP contribution >= 0.6 is 0 Å². The third-order valence-electron chi connectivity index (χ3n) is 11.6. The van der Waals surface area contributed by atoms with Gasteiger partial charge in [-0.3, -0.25) is 19.2 Å². The van der Waals surface area contributed by atoms with Crippen molar-refractivity contribution in [2.45, 2.75) is 44.4 Å². The summed E-state index contributed by atoms with van der Waals surface area (Å²) in [5, 5.41) is 14.4. The Labute approximate surface area is 349 Å². The van der Waals surface area contributed by atoms with Crippen LogP contribution in [0.3, 0.4) is 0 Å². The van der Waals surface area contributed by atoms with Gasteiger partial charge in [-0.1, -0.05) is 103 Å². The summed E-state index contributed by atoms with van der Waals surface area (Å²) in [6, 6.07) is 36.6. The minimum absolute atomic E-state index is 0.0174. The van der Waals surface area contributed by atoms with Crippen LogP contribution in [0.2, 0.25) is 0 Å². The Hall–Kier alpha value is -6.98. The molecule has 2 atom stereocenters. The smallest absolute Gasteiger partial charge is 0.246 e. The molecular formula is C49H48N6O5. The van der Waals surface area contributed by atoms with Gasteiger partial charge in [0.15, 0.2) is 5.78 Å². The van der Waals surface area contributed by atoms with Gasteiger partial charge in [0.2, 0.25) is 17.7 Å². The number of carbonyl (C=O) groups is 4. The predicted molar refractivity (Wildman–Crippen MR) is 232 cm³/mol. The Kier molecular flexibility index (Phi) is 11.3. The fraction of sp³-hybridized carbons (Fsp3) is 0.224. The second-order valence-electron chi connectivity index (χ2n) is 15.6. The van der Waals surface area contributed by atoms with E-state index >= 15 is 0 Å². The van der Waals surface area contributed by atoms with E-state index in [9.17, 15) is 24.3 Å². The monoisotopic (exact) mass is 800 g/mol. The summed E-state index contributed by atoms with van der Waals surface area (Å²) in [5.74, 6) is -0.479. The number of nitrogens with two attached hydrogens (primary N) is 1. The van der Waals surface area contributed by atoms with Crippen LogP contribution in [0.5, 0.6) is 5.75 Å². The summed E-state index contributed by atoms with van der Waals surface area (Å²) in [6.07, 6.45) is 4.23. The number of aryl methyl sites for hydroxylation is 2. The van der Waals surface area contributed by atoms with Crippen molar-refractivity contribution in [1.82, 2.24) is 24.4 Å². The van der Waals surface area contributed by atoms with E-state index in [1.807, 2.05) is 85.9 Å². The summed E-state index contributed by atoms with van der Waals surface area (Å²) in [7, 11) is 1.98. The van der Waals surface area contributed by atoms with E-state index in [1.54, 1.807) is 62.3 Å². The van der Waals surface area contributed by atoms with Crippen molar-refractivity contribution >= 4 is 40.1 Å². The molecule has 2 aliphatic rings. The lowest BCUT2D eigenvalue weighted by Crippen LogP contribution is -2.75. The highest BCUT2D eigenvalue weighted by Gasteiger charge is 2.51. The molecule has 3 amide bonds. The zero-order valence-electron chi connectivity index (χ0n) is 33.6. The van der Waals surface area contributed by atoms with E-state index in [0.717, 1.165) is 44.3 Å².